The molecule has 2 N–H and O–H groups in total. The number of hydrogen-bond donors (Lipinski definition) is 1. The molecule has 0 amide bonds. The first kappa shape index (κ1) is 18.4. The van der Waals surface area contributed by atoms with Gasteiger partial charge in [-0.15, -0.1) is 23.7 Å². The summed E-state index contributed by atoms with van der Waals surface area (Å²) >= 11 is 1.41. The molecule has 0 radical (unpaired) electrons. The highest BCUT2D eigenvalue weighted by Gasteiger charge is 2.36. The van der Waals surface area contributed by atoms with Gasteiger partial charge in [-0.05, 0) is 25.0 Å². The van der Waals surface area contributed by atoms with Gasteiger partial charge in [-0.3, -0.25) is 10.1 Å². The first-order valence-electron chi connectivity index (χ1n) is 7.89. The van der Waals surface area contributed by atoms with Crippen molar-refractivity contribution < 1.29 is 9.45 Å². The zero-order chi connectivity index (χ0) is 17.4. The summed E-state index contributed by atoms with van der Waals surface area (Å²) < 4.78 is 5.34. The van der Waals surface area contributed by atoms with E-state index in [1.54, 1.807) is 12.1 Å². The molecule has 0 atom stereocenters. The highest BCUT2D eigenvalue weighted by Crippen LogP contribution is 2.36. The van der Waals surface area contributed by atoms with E-state index in [9.17, 15) is 10.1 Å². The Bertz CT molecular complexity index is 918. The maximum Gasteiger partial charge on any atom is 0.277 e. The molecule has 26 heavy (non-hydrogen) atoms. The van der Waals surface area contributed by atoms with Crippen molar-refractivity contribution in [3.05, 3.63) is 45.6 Å². The van der Waals surface area contributed by atoms with Gasteiger partial charge in [0.05, 0.1) is 10.5 Å². The number of hydrogen-bond acceptors (Lipinski definition) is 8. The lowest BCUT2D eigenvalue weighted by atomic mass is 9.99. The smallest absolute Gasteiger partial charge is 0.277 e. The summed E-state index contributed by atoms with van der Waals surface area (Å²) in [7, 11) is 0. The van der Waals surface area contributed by atoms with Crippen LogP contribution in [0.3, 0.4) is 0 Å². The van der Waals surface area contributed by atoms with Crippen LogP contribution < -0.4 is 5.73 Å². The second-order valence-corrected chi connectivity index (χ2v) is 6.99. The van der Waals surface area contributed by atoms with Crippen molar-refractivity contribution in [1.29, 1.82) is 0 Å². The van der Waals surface area contributed by atoms with Gasteiger partial charge in [0.15, 0.2) is 5.82 Å². The van der Waals surface area contributed by atoms with Crippen LogP contribution in [0.1, 0.15) is 31.5 Å². The molecule has 0 aliphatic heterocycles. The van der Waals surface area contributed by atoms with Crippen LogP contribution in [-0.4, -0.2) is 20.0 Å². The minimum absolute atomic E-state index is 0. The maximum atomic E-state index is 10.7. The molecule has 4 rings (SSSR count). The van der Waals surface area contributed by atoms with E-state index in [1.807, 2.05) is 5.38 Å². The number of aromatic nitrogens is 3. The highest BCUT2D eigenvalue weighted by molar-refractivity contribution is 7.13. The average molecular weight is 394 g/mol. The Morgan fingerprint density at radius 3 is 2.54 bits per heavy atom. The van der Waals surface area contributed by atoms with Crippen molar-refractivity contribution >= 4 is 29.4 Å². The van der Waals surface area contributed by atoms with Gasteiger partial charge in [-0.1, -0.05) is 18.0 Å². The molecule has 1 aliphatic carbocycles. The van der Waals surface area contributed by atoms with E-state index in [-0.39, 0.29) is 18.1 Å². The van der Waals surface area contributed by atoms with Gasteiger partial charge in [0.2, 0.25) is 0 Å². The predicted octanol–water partition coefficient (Wildman–Crippen LogP) is 3.92. The Kier molecular flexibility index (Phi) is 5.03. The van der Waals surface area contributed by atoms with E-state index < -0.39 is 10.5 Å². The van der Waals surface area contributed by atoms with Crippen LogP contribution in [-0.2, 0) is 5.54 Å². The van der Waals surface area contributed by atoms with E-state index in [4.69, 9.17) is 10.3 Å². The van der Waals surface area contributed by atoms with E-state index in [0.717, 1.165) is 36.3 Å². The summed E-state index contributed by atoms with van der Waals surface area (Å²) in [4.78, 5) is 19.2. The molecule has 1 fully saturated rings. The molecule has 2 aromatic heterocycles. The Labute approximate surface area is 159 Å². The molecule has 1 aliphatic rings. The van der Waals surface area contributed by atoms with Crippen molar-refractivity contribution in [2.75, 3.05) is 0 Å². The lowest BCUT2D eigenvalue weighted by Gasteiger charge is -2.17. The second-order valence-electron chi connectivity index (χ2n) is 6.13. The second kappa shape index (κ2) is 7.10. The van der Waals surface area contributed by atoms with Crippen molar-refractivity contribution in [2.24, 2.45) is 5.73 Å². The predicted molar refractivity (Wildman–Crippen MR) is 99.1 cm³/mol. The molecule has 10 heteroatoms. The van der Waals surface area contributed by atoms with Crippen molar-refractivity contribution in [1.82, 2.24) is 15.1 Å². The number of nitro groups is 1. The van der Waals surface area contributed by atoms with Gasteiger partial charge in [0.1, 0.15) is 10.7 Å². The Hall–Kier alpha value is -2.36. The molecule has 136 valence electrons. The molecule has 0 unspecified atom stereocenters. The average Bonchev–Trinajstić information content (AvgIpc) is 3.35. The van der Waals surface area contributed by atoms with Crippen LogP contribution in [0.5, 0.6) is 0 Å². The summed E-state index contributed by atoms with van der Waals surface area (Å²) in [5, 5.41) is 17.3. The molecule has 0 bridgehead atoms. The van der Waals surface area contributed by atoms with Gasteiger partial charge in [0, 0.05) is 23.1 Å². The summed E-state index contributed by atoms with van der Waals surface area (Å²) in [6, 6.07) is 6.26. The van der Waals surface area contributed by atoms with E-state index >= 15 is 0 Å². The molecule has 2 heterocycles. The van der Waals surface area contributed by atoms with E-state index in [2.05, 4.69) is 15.1 Å². The normalized spacial score (nSPS) is 15.6. The molecular formula is C16H16ClN5O3S. The Morgan fingerprint density at radius 1 is 1.19 bits per heavy atom. The SMILES string of the molecule is Cl.NC1(c2noc(-c3csc(-c4ccc([N+](=O)[O-])cc4)n3)n2)CCCC1. The van der Waals surface area contributed by atoms with Crippen LogP contribution >= 0.6 is 23.7 Å². The van der Waals surface area contributed by atoms with Gasteiger partial charge in [-0.2, -0.15) is 4.98 Å². The van der Waals surface area contributed by atoms with Crippen molar-refractivity contribution in [3.63, 3.8) is 0 Å². The fourth-order valence-corrected chi connectivity index (χ4v) is 3.79. The fourth-order valence-electron chi connectivity index (χ4n) is 2.99. The number of nitrogens with zero attached hydrogens (tertiary/aromatic N) is 4. The lowest BCUT2D eigenvalue weighted by Crippen LogP contribution is -2.34. The minimum atomic E-state index is -0.501. The third-order valence-corrected chi connectivity index (χ3v) is 5.31. The van der Waals surface area contributed by atoms with Gasteiger partial charge < -0.3 is 10.3 Å². The number of thiazole rings is 1. The van der Waals surface area contributed by atoms with Crippen molar-refractivity contribution in [3.8, 4) is 22.2 Å². The van der Waals surface area contributed by atoms with Gasteiger partial charge in [0.25, 0.3) is 11.6 Å². The number of non-ortho nitro benzene ring substituents is 1. The molecule has 3 aromatic rings. The molecule has 8 nitrogen and oxygen atoms in total. The molecule has 1 saturated carbocycles. The number of benzene rings is 1. The standard InChI is InChI=1S/C16H15N5O3S.ClH/c17-16(7-1-2-8-16)15-19-13(24-20-15)12-9-25-14(18-12)10-3-5-11(6-4-10)21(22)23;/h3-6,9H,1-2,7-8,17H2;1H. The van der Waals surface area contributed by atoms with Crippen LogP contribution in [0, 0.1) is 10.1 Å². The highest BCUT2D eigenvalue weighted by atomic mass is 35.5. The minimum Gasteiger partial charge on any atom is -0.332 e. The summed E-state index contributed by atoms with van der Waals surface area (Å²) in [6.07, 6.45) is 3.86. The first-order chi connectivity index (χ1) is 12.0. The Balaban J connectivity index is 0.00000196. The molecular weight excluding hydrogens is 378 g/mol. The van der Waals surface area contributed by atoms with Gasteiger partial charge >= 0.3 is 0 Å². The monoisotopic (exact) mass is 393 g/mol. The summed E-state index contributed by atoms with van der Waals surface area (Å²) in [5.41, 5.74) is 7.28. The quantitative estimate of drug-likeness (QED) is 0.526. The van der Waals surface area contributed by atoms with Crippen LogP contribution in [0.4, 0.5) is 5.69 Å². The zero-order valence-corrected chi connectivity index (χ0v) is 15.3. The first-order valence-corrected chi connectivity index (χ1v) is 8.77. The molecule has 1 aromatic carbocycles. The number of nitro benzene ring substituents is 1. The van der Waals surface area contributed by atoms with Gasteiger partial charge in [-0.25, -0.2) is 4.98 Å². The largest absolute Gasteiger partial charge is 0.332 e. The third-order valence-electron chi connectivity index (χ3n) is 4.42. The van der Waals surface area contributed by atoms with Crippen molar-refractivity contribution in [2.45, 2.75) is 31.2 Å². The third kappa shape index (κ3) is 3.33. The molecule has 0 saturated heterocycles. The van der Waals surface area contributed by atoms with Crippen LogP contribution in [0.2, 0.25) is 0 Å². The van der Waals surface area contributed by atoms with Crippen LogP contribution in [0.25, 0.3) is 22.2 Å². The zero-order valence-electron chi connectivity index (χ0n) is 13.6. The lowest BCUT2D eigenvalue weighted by molar-refractivity contribution is -0.384. The number of nitrogens with two attached hydrogens (primary N) is 1. The maximum absolute atomic E-state index is 10.7. The topological polar surface area (TPSA) is 121 Å². The van der Waals surface area contributed by atoms with E-state index in [1.165, 1.54) is 23.5 Å². The molecule has 0 spiro atoms. The summed E-state index contributed by atoms with van der Waals surface area (Å²) in [6.45, 7) is 0. The number of halogens is 1. The van der Waals surface area contributed by atoms with Crippen LogP contribution in [0.15, 0.2) is 34.2 Å². The van der Waals surface area contributed by atoms with E-state index in [0.29, 0.717) is 17.4 Å². The summed E-state index contributed by atoms with van der Waals surface area (Å²) in [5.74, 6) is 0.876. The number of rotatable bonds is 4. The Morgan fingerprint density at radius 2 is 1.88 bits per heavy atom. The fraction of sp³-hybridized carbons (Fsp3) is 0.312.